The van der Waals surface area contributed by atoms with Crippen LogP contribution in [0.3, 0.4) is 0 Å². The second kappa shape index (κ2) is 6.05. The first kappa shape index (κ1) is 13.1. The molecule has 0 aliphatic heterocycles. The lowest BCUT2D eigenvalue weighted by Gasteiger charge is -2.28. The van der Waals surface area contributed by atoms with Crippen LogP contribution in [0.2, 0.25) is 0 Å². The van der Waals surface area contributed by atoms with Crippen molar-refractivity contribution in [1.82, 2.24) is 5.32 Å². The predicted octanol–water partition coefficient (Wildman–Crippen LogP) is 2.89. The van der Waals surface area contributed by atoms with E-state index in [1.54, 1.807) is 6.07 Å². The Labute approximate surface area is 107 Å². The molecule has 1 saturated carbocycles. The number of hydrogen-bond acceptors (Lipinski definition) is 3. The van der Waals surface area contributed by atoms with E-state index >= 15 is 0 Å². The van der Waals surface area contributed by atoms with Gasteiger partial charge in [0.15, 0.2) is 0 Å². The molecular weight excluding hydrogens is 230 g/mol. The van der Waals surface area contributed by atoms with E-state index in [4.69, 9.17) is 9.52 Å². The van der Waals surface area contributed by atoms with Gasteiger partial charge < -0.3 is 14.8 Å². The summed E-state index contributed by atoms with van der Waals surface area (Å²) in [6.45, 7) is 3.85. The predicted molar refractivity (Wildman–Crippen MR) is 68.5 cm³/mol. The molecule has 4 heteroatoms. The lowest BCUT2D eigenvalue weighted by molar-refractivity contribution is 0.0660. The SMILES string of the molecule is CC1CCCCC1CNCc1ccoc1C(=O)O. The molecule has 1 fully saturated rings. The lowest BCUT2D eigenvalue weighted by Crippen LogP contribution is -2.29. The molecule has 0 aromatic carbocycles. The van der Waals surface area contributed by atoms with E-state index in [0.717, 1.165) is 23.9 Å². The van der Waals surface area contributed by atoms with Gasteiger partial charge in [0.25, 0.3) is 0 Å². The fourth-order valence-electron chi connectivity index (χ4n) is 2.75. The zero-order chi connectivity index (χ0) is 13.0. The van der Waals surface area contributed by atoms with E-state index in [-0.39, 0.29) is 5.76 Å². The molecule has 0 amide bonds. The van der Waals surface area contributed by atoms with Crippen molar-refractivity contribution >= 4 is 5.97 Å². The molecule has 100 valence electrons. The van der Waals surface area contributed by atoms with E-state index in [1.165, 1.54) is 31.9 Å². The molecule has 2 N–H and O–H groups in total. The van der Waals surface area contributed by atoms with Gasteiger partial charge in [-0.15, -0.1) is 0 Å². The highest BCUT2D eigenvalue weighted by atomic mass is 16.4. The number of nitrogens with one attached hydrogen (secondary N) is 1. The molecule has 1 aliphatic carbocycles. The highest BCUT2D eigenvalue weighted by Gasteiger charge is 2.21. The van der Waals surface area contributed by atoms with Gasteiger partial charge in [-0.3, -0.25) is 0 Å². The standard InChI is InChI=1S/C14H21NO3/c1-10-4-2-3-5-11(10)8-15-9-12-6-7-18-13(12)14(16)17/h6-7,10-11,15H,2-5,8-9H2,1H3,(H,16,17). The summed E-state index contributed by atoms with van der Waals surface area (Å²) >= 11 is 0. The molecule has 1 aliphatic rings. The Morgan fingerprint density at radius 3 is 3.00 bits per heavy atom. The minimum Gasteiger partial charge on any atom is -0.475 e. The maximum atomic E-state index is 10.9. The monoisotopic (exact) mass is 251 g/mol. The number of rotatable bonds is 5. The number of carboxylic acids is 1. The van der Waals surface area contributed by atoms with E-state index < -0.39 is 5.97 Å². The summed E-state index contributed by atoms with van der Waals surface area (Å²) in [5.74, 6) is 0.551. The Morgan fingerprint density at radius 2 is 2.28 bits per heavy atom. The normalized spacial score (nSPS) is 24.1. The van der Waals surface area contributed by atoms with Crippen LogP contribution in [0.15, 0.2) is 16.7 Å². The minimum absolute atomic E-state index is 0.0548. The molecule has 0 spiro atoms. The van der Waals surface area contributed by atoms with Gasteiger partial charge >= 0.3 is 5.97 Å². The van der Waals surface area contributed by atoms with Gasteiger partial charge in [0.05, 0.1) is 6.26 Å². The van der Waals surface area contributed by atoms with E-state index in [1.807, 2.05) is 0 Å². The third-order valence-electron chi connectivity index (χ3n) is 3.95. The Balaban J connectivity index is 1.81. The van der Waals surface area contributed by atoms with Gasteiger partial charge in [-0.2, -0.15) is 0 Å². The van der Waals surface area contributed by atoms with Crippen molar-refractivity contribution in [2.24, 2.45) is 11.8 Å². The molecule has 1 aromatic heterocycles. The third-order valence-corrected chi connectivity index (χ3v) is 3.95. The fourth-order valence-corrected chi connectivity index (χ4v) is 2.75. The highest BCUT2D eigenvalue weighted by Crippen LogP contribution is 2.28. The van der Waals surface area contributed by atoms with E-state index in [0.29, 0.717) is 6.54 Å². The number of carbonyl (C=O) groups is 1. The van der Waals surface area contributed by atoms with E-state index in [2.05, 4.69) is 12.2 Å². The molecule has 2 unspecified atom stereocenters. The number of carboxylic acid groups (broad SMARTS) is 1. The molecule has 0 saturated heterocycles. The van der Waals surface area contributed by atoms with Crippen molar-refractivity contribution in [3.63, 3.8) is 0 Å². The van der Waals surface area contributed by atoms with Crippen molar-refractivity contribution in [2.75, 3.05) is 6.54 Å². The summed E-state index contributed by atoms with van der Waals surface area (Å²) in [6, 6.07) is 1.72. The summed E-state index contributed by atoms with van der Waals surface area (Å²) in [7, 11) is 0. The van der Waals surface area contributed by atoms with Crippen LogP contribution < -0.4 is 5.32 Å². The molecule has 2 atom stereocenters. The van der Waals surface area contributed by atoms with Crippen LogP contribution in [0.1, 0.15) is 48.7 Å². The second-order valence-corrected chi connectivity index (χ2v) is 5.23. The van der Waals surface area contributed by atoms with Gasteiger partial charge in [0.2, 0.25) is 5.76 Å². The zero-order valence-corrected chi connectivity index (χ0v) is 10.8. The first-order chi connectivity index (χ1) is 8.68. The number of aromatic carboxylic acids is 1. The Bertz CT molecular complexity index is 399. The molecule has 2 rings (SSSR count). The largest absolute Gasteiger partial charge is 0.475 e. The maximum Gasteiger partial charge on any atom is 0.372 e. The molecule has 1 heterocycles. The van der Waals surface area contributed by atoms with Crippen LogP contribution in [0.5, 0.6) is 0 Å². The smallest absolute Gasteiger partial charge is 0.372 e. The topological polar surface area (TPSA) is 62.5 Å². The number of hydrogen-bond donors (Lipinski definition) is 2. The summed E-state index contributed by atoms with van der Waals surface area (Å²) in [6.07, 6.45) is 6.71. The van der Waals surface area contributed by atoms with Crippen LogP contribution in [0.4, 0.5) is 0 Å². The third kappa shape index (κ3) is 3.13. The summed E-state index contributed by atoms with van der Waals surface area (Å²) in [5.41, 5.74) is 0.728. The highest BCUT2D eigenvalue weighted by molar-refractivity contribution is 5.86. The van der Waals surface area contributed by atoms with Crippen molar-refractivity contribution in [3.8, 4) is 0 Å². The van der Waals surface area contributed by atoms with Crippen molar-refractivity contribution in [2.45, 2.75) is 39.2 Å². The van der Waals surface area contributed by atoms with Gasteiger partial charge in [-0.05, 0) is 30.9 Å². The summed E-state index contributed by atoms with van der Waals surface area (Å²) in [4.78, 5) is 10.9. The van der Waals surface area contributed by atoms with Crippen LogP contribution >= 0.6 is 0 Å². The van der Waals surface area contributed by atoms with Crippen LogP contribution in [-0.2, 0) is 6.54 Å². The fraction of sp³-hybridized carbons (Fsp3) is 0.643. The summed E-state index contributed by atoms with van der Waals surface area (Å²) in [5, 5.41) is 12.3. The Morgan fingerprint density at radius 1 is 1.50 bits per heavy atom. The van der Waals surface area contributed by atoms with Gasteiger partial charge in [0, 0.05) is 12.1 Å². The molecule has 4 nitrogen and oxygen atoms in total. The number of furan rings is 1. The maximum absolute atomic E-state index is 10.9. The Hall–Kier alpha value is -1.29. The first-order valence-electron chi connectivity index (χ1n) is 6.69. The Kier molecular flexibility index (Phi) is 4.42. The molecular formula is C14H21NO3. The van der Waals surface area contributed by atoms with Crippen LogP contribution in [0, 0.1) is 11.8 Å². The van der Waals surface area contributed by atoms with Gasteiger partial charge in [-0.1, -0.05) is 26.2 Å². The van der Waals surface area contributed by atoms with Crippen molar-refractivity contribution < 1.29 is 14.3 Å². The van der Waals surface area contributed by atoms with Crippen LogP contribution in [-0.4, -0.2) is 17.6 Å². The van der Waals surface area contributed by atoms with Gasteiger partial charge in [0.1, 0.15) is 0 Å². The lowest BCUT2D eigenvalue weighted by atomic mass is 9.80. The molecule has 0 bridgehead atoms. The average molecular weight is 251 g/mol. The van der Waals surface area contributed by atoms with Crippen molar-refractivity contribution in [3.05, 3.63) is 23.7 Å². The zero-order valence-electron chi connectivity index (χ0n) is 10.8. The molecule has 1 aromatic rings. The molecule has 18 heavy (non-hydrogen) atoms. The van der Waals surface area contributed by atoms with Crippen LogP contribution in [0.25, 0.3) is 0 Å². The van der Waals surface area contributed by atoms with Crippen molar-refractivity contribution in [1.29, 1.82) is 0 Å². The first-order valence-corrected chi connectivity index (χ1v) is 6.69. The van der Waals surface area contributed by atoms with E-state index in [9.17, 15) is 4.79 Å². The van der Waals surface area contributed by atoms with Gasteiger partial charge in [-0.25, -0.2) is 4.79 Å². The summed E-state index contributed by atoms with van der Waals surface area (Å²) < 4.78 is 4.95. The average Bonchev–Trinajstić information content (AvgIpc) is 2.80. The minimum atomic E-state index is -0.997. The quantitative estimate of drug-likeness (QED) is 0.844. The second-order valence-electron chi connectivity index (χ2n) is 5.23. The molecule has 0 radical (unpaired) electrons.